The summed E-state index contributed by atoms with van der Waals surface area (Å²) in [5, 5.41) is 0. The first kappa shape index (κ1) is 10.8. The maximum Gasteiger partial charge on any atom is 0.139 e. The molecule has 3 atom stereocenters. The fraction of sp³-hybridized carbons (Fsp3) is 0.533. The number of hydrogen-bond acceptors (Lipinski definition) is 2. The number of carbonyl (C=O) groups is 1. The van der Waals surface area contributed by atoms with Gasteiger partial charge in [-0.15, -0.1) is 0 Å². The number of fused-ring (bicyclic) bond motifs is 2. The highest BCUT2D eigenvalue weighted by atomic mass is 16.5. The van der Waals surface area contributed by atoms with Crippen molar-refractivity contribution in [2.45, 2.75) is 25.7 Å². The Morgan fingerprint density at radius 3 is 2.94 bits per heavy atom. The normalized spacial score (nSPS) is 30.9. The molecule has 0 aliphatic heterocycles. The van der Waals surface area contributed by atoms with Gasteiger partial charge in [0.15, 0.2) is 0 Å². The Morgan fingerprint density at radius 1 is 1.35 bits per heavy atom. The van der Waals surface area contributed by atoms with E-state index in [1.54, 1.807) is 7.11 Å². The zero-order valence-corrected chi connectivity index (χ0v) is 10.2. The summed E-state index contributed by atoms with van der Waals surface area (Å²) in [6.07, 6.45) is 4.44. The summed E-state index contributed by atoms with van der Waals surface area (Å²) >= 11 is 0. The van der Waals surface area contributed by atoms with Crippen molar-refractivity contribution < 1.29 is 9.53 Å². The van der Waals surface area contributed by atoms with E-state index in [9.17, 15) is 4.79 Å². The van der Waals surface area contributed by atoms with E-state index in [0.717, 1.165) is 25.0 Å². The lowest BCUT2D eigenvalue weighted by molar-refractivity contribution is -0.125. The summed E-state index contributed by atoms with van der Waals surface area (Å²) in [5.41, 5.74) is 1.23. The molecule has 3 rings (SSSR count). The van der Waals surface area contributed by atoms with E-state index in [1.165, 1.54) is 12.0 Å². The predicted octanol–water partition coefficient (Wildman–Crippen LogP) is 2.85. The van der Waals surface area contributed by atoms with Gasteiger partial charge in [0.25, 0.3) is 0 Å². The van der Waals surface area contributed by atoms with Gasteiger partial charge in [0, 0.05) is 11.8 Å². The second kappa shape index (κ2) is 4.17. The Kier molecular flexibility index (Phi) is 2.65. The molecule has 2 aliphatic rings. The molecule has 1 aromatic carbocycles. The molecule has 2 nitrogen and oxygen atoms in total. The number of rotatable bonds is 3. The van der Waals surface area contributed by atoms with E-state index in [1.807, 2.05) is 12.1 Å². The zero-order valence-electron chi connectivity index (χ0n) is 10.2. The first-order chi connectivity index (χ1) is 8.28. The predicted molar refractivity (Wildman–Crippen MR) is 66.0 cm³/mol. The van der Waals surface area contributed by atoms with Crippen LogP contribution in [0.4, 0.5) is 0 Å². The zero-order chi connectivity index (χ0) is 11.8. The van der Waals surface area contributed by atoms with Crippen molar-refractivity contribution in [3.05, 3.63) is 29.8 Å². The van der Waals surface area contributed by atoms with Crippen molar-refractivity contribution in [3.63, 3.8) is 0 Å². The Balaban J connectivity index is 1.76. The molecule has 2 aliphatic carbocycles. The lowest BCUT2D eigenvalue weighted by Crippen LogP contribution is -2.23. The van der Waals surface area contributed by atoms with Crippen LogP contribution in [0.15, 0.2) is 24.3 Å². The van der Waals surface area contributed by atoms with E-state index in [-0.39, 0.29) is 5.92 Å². The molecule has 2 bridgehead atoms. The summed E-state index contributed by atoms with van der Waals surface area (Å²) in [7, 11) is 1.68. The van der Waals surface area contributed by atoms with Gasteiger partial charge in [-0.1, -0.05) is 12.1 Å². The summed E-state index contributed by atoms with van der Waals surface area (Å²) in [5.74, 6) is 2.72. The van der Waals surface area contributed by atoms with E-state index < -0.39 is 0 Å². The van der Waals surface area contributed by atoms with Gasteiger partial charge < -0.3 is 4.74 Å². The molecule has 0 N–H and O–H groups in total. The van der Waals surface area contributed by atoms with Gasteiger partial charge >= 0.3 is 0 Å². The number of methoxy groups -OCH3 is 1. The van der Waals surface area contributed by atoms with Crippen LogP contribution in [0.1, 0.15) is 24.8 Å². The van der Waals surface area contributed by atoms with Gasteiger partial charge in [-0.3, -0.25) is 4.79 Å². The monoisotopic (exact) mass is 230 g/mol. The van der Waals surface area contributed by atoms with Crippen LogP contribution in [0.25, 0.3) is 0 Å². The molecule has 17 heavy (non-hydrogen) atoms. The molecule has 2 heteroatoms. The molecule has 0 heterocycles. The number of hydrogen-bond donors (Lipinski definition) is 0. The summed E-state index contributed by atoms with van der Waals surface area (Å²) in [6.45, 7) is 0. The number of ether oxygens (including phenoxy) is 1. The summed E-state index contributed by atoms with van der Waals surface area (Å²) in [4.78, 5) is 12.1. The van der Waals surface area contributed by atoms with Crippen molar-refractivity contribution >= 4 is 5.78 Å². The van der Waals surface area contributed by atoms with Gasteiger partial charge in [-0.2, -0.15) is 0 Å². The van der Waals surface area contributed by atoms with E-state index >= 15 is 0 Å². The van der Waals surface area contributed by atoms with E-state index in [4.69, 9.17) is 4.74 Å². The Labute approximate surface area is 102 Å². The molecule has 0 spiro atoms. The maximum atomic E-state index is 12.1. The topological polar surface area (TPSA) is 26.3 Å². The standard InChI is InChI=1S/C15H18O2/c1-17-13-4-2-3-10(7-13)8-14-11-5-6-12(9-11)15(14)16/h2-4,7,11-12,14H,5-6,8-9H2,1H3. The lowest BCUT2D eigenvalue weighted by atomic mass is 9.83. The largest absolute Gasteiger partial charge is 0.497 e. The molecule has 0 radical (unpaired) electrons. The van der Waals surface area contributed by atoms with Crippen LogP contribution >= 0.6 is 0 Å². The fourth-order valence-corrected chi connectivity index (χ4v) is 3.50. The molecule has 90 valence electrons. The van der Waals surface area contributed by atoms with Gasteiger partial charge in [-0.05, 0) is 49.3 Å². The minimum atomic E-state index is 0.279. The van der Waals surface area contributed by atoms with Crippen LogP contribution in [-0.2, 0) is 11.2 Å². The van der Waals surface area contributed by atoms with Gasteiger partial charge in [0.1, 0.15) is 11.5 Å². The Bertz CT molecular complexity index is 438. The van der Waals surface area contributed by atoms with Crippen molar-refractivity contribution in [3.8, 4) is 5.75 Å². The van der Waals surface area contributed by atoms with Crippen LogP contribution in [-0.4, -0.2) is 12.9 Å². The van der Waals surface area contributed by atoms with Crippen LogP contribution < -0.4 is 4.74 Å². The summed E-state index contributed by atoms with van der Waals surface area (Å²) in [6, 6.07) is 8.11. The second-order valence-corrected chi connectivity index (χ2v) is 5.33. The average molecular weight is 230 g/mol. The van der Waals surface area contributed by atoms with Crippen molar-refractivity contribution in [2.24, 2.45) is 17.8 Å². The third-order valence-electron chi connectivity index (χ3n) is 4.40. The SMILES string of the molecule is COc1cccc(CC2C(=O)C3CCC2C3)c1. The molecule has 0 amide bonds. The molecule has 3 unspecified atom stereocenters. The number of Topliss-reactive ketones (excluding diaryl/α,β-unsaturated/α-hetero) is 1. The van der Waals surface area contributed by atoms with Crippen LogP contribution in [0.5, 0.6) is 5.75 Å². The molecular formula is C15H18O2. The number of benzene rings is 1. The van der Waals surface area contributed by atoms with Crippen molar-refractivity contribution in [1.29, 1.82) is 0 Å². The van der Waals surface area contributed by atoms with E-state index in [2.05, 4.69) is 12.1 Å². The molecule has 0 saturated heterocycles. The average Bonchev–Trinajstić information content (AvgIpc) is 2.93. The fourth-order valence-electron chi connectivity index (χ4n) is 3.50. The number of carbonyl (C=O) groups excluding carboxylic acids is 1. The lowest BCUT2D eigenvalue weighted by Gasteiger charge is -2.20. The van der Waals surface area contributed by atoms with Gasteiger partial charge in [0.2, 0.25) is 0 Å². The molecule has 2 saturated carbocycles. The third kappa shape index (κ3) is 1.86. The quantitative estimate of drug-likeness (QED) is 0.798. The molecule has 0 aromatic heterocycles. The molecular weight excluding hydrogens is 212 g/mol. The Hall–Kier alpha value is -1.31. The van der Waals surface area contributed by atoms with Crippen LogP contribution in [0.3, 0.4) is 0 Å². The van der Waals surface area contributed by atoms with Crippen molar-refractivity contribution in [1.82, 2.24) is 0 Å². The van der Waals surface area contributed by atoms with Crippen LogP contribution in [0.2, 0.25) is 0 Å². The summed E-state index contributed by atoms with van der Waals surface area (Å²) < 4.78 is 5.22. The third-order valence-corrected chi connectivity index (χ3v) is 4.40. The van der Waals surface area contributed by atoms with Crippen LogP contribution in [0, 0.1) is 17.8 Å². The Morgan fingerprint density at radius 2 is 2.24 bits per heavy atom. The van der Waals surface area contributed by atoms with Crippen molar-refractivity contribution in [2.75, 3.05) is 7.11 Å². The van der Waals surface area contributed by atoms with E-state index in [0.29, 0.717) is 17.6 Å². The smallest absolute Gasteiger partial charge is 0.139 e. The van der Waals surface area contributed by atoms with Gasteiger partial charge in [-0.25, -0.2) is 0 Å². The maximum absolute atomic E-state index is 12.1. The first-order valence-corrected chi connectivity index (χ1v) is 6.44. The second-order valence-electron chi connectivity index (χ2n) is 5.33. The molecule has 2 fully saturated rings. The minimum Gasteiger partial charge on any atom is -0.497 e. The number of ketones is 1. The highest BCUT2D eigenvalue weighted by Gasteiger charge is 2.46. The molecule has 1 aromatic rings. The van der Waals surface area contributed by atoms with Gasteiger partial charge in [0.05, 0.1) is 7.11 Å². The first-order valence-electron chi connectivity index (χ1n) is 6.44. The highest BCUT2D eigenvalue weighted by Crippen LogP contribution is 2.47. The minimum absolute atomic E-state index is 0.279. The highest BCUT2D eigenvalue weighted by molar-refractivity contribution is 5.87.